The van der Waals surface area contributed by atoms with E-state index in [9.17, 15) is 13.2 Å². The molecule has 0 N–H and O–H groups in total. The van der Waals surface area contributed by atoms with Crippen LogP contribution in [-0.4, -0.2) is 6.18 Å². The zero-order chi connectivity index (χ0) is 9.07. The van der Waals surface area contributed by atoms with Crippen molar-refractivity contribution in [2.24, 2.45) is 0 Å². The molecule has 0 radical (unpaired) electrons. The molecule has 0 heterocycles. The molecule has 0 aliphatic heterocycles. The minimum atomic E-state index is -4.70. The molecule has 0 aromatic heterocycles. The number of hydrogen-bond acceptors (Lipinski definition) is 1. The highest BCUT2D eigenvalue weighted by atomic mass is 19.4. The molecule has 0 unspecified atom stereocenters. The molecule has 58 valence electrons. The van der Waals surface area contributed by atoms with E-state index >= 15 is 0 Å². The zero-order valence-corrected chi connectivity index (χ0v) is 5.53. The van der Waals surface area contributed by atoms with E-state index < -0.39 is 17.4 Å². The van der Waals surface area contributed by atoms with Gasteiger partial charge in [0.15, 0.2) is 5.70 Å². The highest BCUT2D eigenvalue weighted by molar-refractivity contribution is 5.33. The second kappa shape index (κ2) is 3.07. The largest absolute Gasteiger partial charge is 0.416 e. The maximum absolute atomic E-state index is 11.7. The Morgan fingerprint density at radius 3 is 2.09 bits per heavy atom. The number of alkyl halides is 3. The molecule has 0 atom stereocenters. The molecule has 0 aromatic rings. The Morgan fingerprint density at radius 1 is 1.55 bits per heavy atom. The molecule has 2 nitrogen and oxygen atoms in total. The molecule has 5 heteroatoms. The van der Waals surface area contributed by atoms with Crippen LogP contribution in [0.25, 0.3) is 4.85 Å². The quantitative estimate of drug-likeness (QED) is 0.394. The maximum Gasteiger partial charge on any atom is 0.416 e. The van der Waals surface area contributed by atoms with E-state index in [-0.39, 0.29) is 0 Å². The van der Waals surface area contributed by atoms with Gasteiger partial charge in [-0.2, -0.15) is 18.4 Å². The third kappa shape index (κ3) is 2.30. The molecule has 0 rings (SSSR count). The molecule has 0 saturated heterocycles. The van der Waals surface area contributed by atoms with E-state index in [2.05, 4.69) is 4.85 Å². The summed E-state index contributed by atoms with van der Waals surface area (Å²) in [6, 6.07) is 0.934. The van der Waals surface area contributed by atoms with Crippen LogP contribution in [0.15, 0.2) is 11.3 Å². The number of nitrogens with zero attached hydrogens (tertiary/aromatic N) is 2. The standard InChI is InChI=1S/C6H3F3N2/c1-4(11-2)5(3-10)6(7,8)9/h1H3/b5-4-. The predicted molar refractivity (Wildman–Crippen MR) is 31.0 cm³/mol. The van der Waals surface area contributed by atoms with Crippen molar-refractivity contribution in [3.8, 4) is 6.07 Å². The first-order chi connectivity index (χ1) is 4.93. The molecular formula is C6H3F3N2. The summed E-state index contributed by atoms with van der Waals surface area (Å²) in [7, 11) is 0. The van der Waals surface area contributed by atoms with Crippen molar-refractivity contribution in [2.75, 3.05) is 0 Å². The SMILES string of the molecule is [C-]#[N+]/C(C)=C(/C#N)C(F)(F)F. The zero-order valence-electron chi connectivity index (χ0n) is 5.53. The summed E-state index contributed by atoms with van der Waals surface area (Å²) in [5, 5.41) is 7.99. The van der Waals surface area contributed by atoms with Crippen LogP contribution in [0.1, 0.15) is 6.92 Å². The van der Waals surface area contributed by atoms with Crippen molar-refractivity contribution in [2.45, 2.75) is 13.1 Å². The fourth-order valence-electron chi connectivity index (χ4n) is 0.405. The molecule has 0 spiro atoms. The first-order valence-electron chi connectivity index (χ1n) is 2.49. The normalized spacial score (nSPS) is 12.9. The lowest BCUT2D eigenvalue weighted by Gasteiger charge is -2.03. The van der Waals surface area contributed by atoms with E-state index in [4.69, 9.17) is 11.8 Å². The van der Waals surface area contributed by atoms with Gasteiger partial charge in [-0.25, -0.2) is 4.85 Å². The second-order valence-corrected chi connectivity index (χ2v) is 1.68. The van der Waals surface area contributed by atoms with Gasteiger partial charge < -0.3 is 0 Å². The van der Waals surface area contributed by atoms with Gasteiger partial charge in [0.1, 0.15) is 5.57 Å². The summed E-state index contributed by atoms with van der Waals surface area (Å²) >= 11 is 0. The van der Waals surface area contributed by atoms with E-state index in [0.29, 0.717) is 0 Å². The van der Waals surface area contributed by atoms with Crippen molar-refractivity contribution in [3.05, 3.63) is 22.7 Å². The molecule has 11 heavy (non-hydrogen) atoms. The van der Waals surface area contributed by atoms with Gasteiger partial charge >= 0.3 is 6.18 Å². The summed E-state index contributed by atoms with van der Waals surface area (Å²) in [6.07, 6.45) is -4.70. The lowest BCUT2D eigenvalue weighted by molar-refractivity contribution is -0.0879. The van der Waals surface area contributed by atoms with Gasteiger partial charge in [0.05, 0.1) is 12.6 Å². The summed E-state index contributed by atoms with van der Waals surface area (Å²) in [5.74, 6) is 0. The van der Waals surface area contributed by atoms with Gasteiger partial charge in [0, 0.05) is 0 Å². The van der Waals surface area contributed by atoms with E-state index in [0.717, 1.165) is 13.0 Å². The summed E-state index contributed by atoms with van der Waals surface area (Å²) in [5.41, 5.74) is -2.05. The Bertz CT molecular complexity index is 261. The van der Waals surface area contributed by atoms with Gasteiger partial charge in [-0.3, -0.25) is 0 Å². The lowest BCUT2D eigenvalue weighted by Crippen LogP contribution is -2.11. The topological polar surface area (TPSA) is 28.1 Å². The van der Waals surface area contributed by atoms with Crippen molar-refractivity contribution in [3.63, 3.8) is 0 Å². The number of nitriles is 1. The Hall–Kier alpha value is -1.49. The van der Waals surface area contributed by atoms with Gasteiger partial charge in [-0.1, -0.05) is 0 Å². The second-order valence-electron chi connectivity index (χ2n) is 1.68. The van der Waals surface area contributed by atoms with Crippen LogP contribution in [0.5, 0.6) is 0 Å². The van der Waals surface area contributed by atoms with Crippen LogP contribution in [0.4, 0.5) is 13.2 Å². The number of allylic oxidation sites excluding steroid dienone is 2. The van der Waals surface area contributed by atoms with Crippen LogP contribution in [-0.2, 0) is 0 Å². The number of halogens is 3. The number of rotatable bonds is 0. The van der Waals surface area contributed by atoms with Gasteiger partial charge in [-0.05, 0) is 6.92 Å². The average molecular weight is 160 g/mol. The molecule has 0 aromatic carbocycles. The van der Waals surface area contributed by atoms with Crippen molar-refractivity contribution >= 4 is 0 Å². The summed E-state index contributed by atoms with van der Waals surface area (Å²) < 4.78 is 35.2. The fourth-order valence-corrected chi connectivity index (χ4v) is 0.405. The molecule has 0 fully saturated rings. The fraction of sp³-hybridized carbons (Fsp3) is 0.333. The molecule has 0 saturated carbocycles. The monoisotopic (exact) mass is 160 g/mol. The Morgan fingerprint density at radius 2 is 2.00 bits per heavy atom. The lowest BCUT2D eigenvalue weighted by atomic mass is 10.2. The van der Waals surface area contributed by atoms with E-state index in [1.807, 2.05) is 0 Å². The maximum atomic E-state index is 11.7. The third-order valence-corrected chi connectivity index (χ3v) is 0.925. The first-order valence-corrected chi connectivity index (χ1v) is 2.49. The van der Waals surface area contributed by atoms with Crippen molar-refractivity contribution in [1.29, 1.82) is 5.26 Å². The molecule has 0 amide bonds. The minimum absolute atomic E-state index is 0.625. The molecule has 0 aliphatic carbocycles. The summed E-state index contributed by atoms with van der Waals surface area (Å²) in [4.78, 5) is 2.51. The van der Waals surface area contributed by atoms with Crippen molar-refractivity contribution < 1.29 is 13.2 Å². The van der Waals surface area contributed by atoms with E-state index in [1.165, 1.54) is 0 Å². The van der Waals surface area contributed by atoms with Gasteiger partial charge in [0.2, 0.25) is 0 Å². The third-order valence-electron chi connectivity index (χ3n) is 0.925. The highest BCUT2D eigenvalue weighted by Gasteiger charge is 2.35. The van der Waals surface area contributed by atoms with Crippen molar-refractivity contribution in [1.82, 2.24) is 0 Å². The smallest absolute Gasteiger partial charge is 0.242 e. The molecular weight excluding hydrogens is 157 g/mol. The van der Waals surface area contributed by atoms with E-state index in [1.54, 1.807) is 0 Å². The summed E-state index contributed by atoms with van der Waals surface area (Å²) in [6.45, 7) is 7.20. The van der Waals surface area contributed by atoms with Crippen LogP contribution in [0, 0.1) is 17.9 Å². The Balaban J connectivity index is 5.06. The average Bonchev–Trinajstić information content (AvgIpc) is 1.86. The molecule has 0 bridgehead atoms. The van der Waals surface area contributed by atoms with Crippen LogP contribution < -0.4 is 0 Å². The van der Waals surface area contributed by atoms with Gasteiger partial charge in [0.25, 0.3) is 0 Å². The number of hydrogen-bond donors (Lipinski definition) is 0. The predicted octanol–water partition coefficient (Wildman–Crippen LogP) is 2.27. The Kier molecular flexibility index (Phi) is 2.65. The highest BCUT2D eigenvalue weighted by Crippen LogP contribution is 2.27. The molecule has 0 aliphatic rings. The Labute approximate surface area is 61.4 Å². The van der Waals surface area contributed by atoms with Crippen LogP contribution in [0.3, 0.4) is 0 Å². The van der Waals surface area contributed by atoms with Crippen LogP contribution in [0.2, 0.25) is 0 Å². The van der Waals surface area contributed by atoms with Gasteiger partial charge in [-0.15, -0.1) is 0 Å². The van der Waals surface area contributed by atoms with Crippen LogP contribution >= 0.6 is 0 Å². The first kappa shape index (κ1) is 9.51. The minimum Gasteiger partial charge on any atom is -0.242 e.